The highest BCUT2D eigenvalue weighted by molar-refractivity contribution is 7.85. The molecule has 0 spiro atoms. The molecule has 0 aromatic rings. The van der Waals surface area contributed by atoms with Crippen molar-refractivity contribution in [3.8, 4) is 0 Å². The molecule has 0 rings (SSSR count). The van der Waals surface area contributed by atoms with E-state index in [1.54, 1.807) is 0 Å². The molecule has 0 aromatic carbocycles. The lowest BCUT2D eigenvalue weighted by Gasteiger charge is -2.02. The monoisotopic (exact) mass is 197 g/mol. The number of nitrogens with one attached hydrogen (secondary N) is 1. The van der Waals surface area contributed by atoms with Crippen LogP contribution in [-0.4, -0.2) is 31.2 Å². The Hall–Kier alpha value is -0.620. The van der Waals surface area contributed by atoms with E-state index in [0.717, 1.165) is 0 Å². The van der Waals surface area contributed by atoms with E-state index in [1.807, 2.05) is 13.8 Å². The van der Waals surface area contributed by atoms with Gasteiger partial charge in [0.05, 0.1) is 6.26 Å². The smallest absolute Gasteiger partial charge is 0.261 e. The summed E-state index contributed by atoms with van der Waals surface area (Å²) >= 11 is 0. The molecule has 0 bridgehead atoms. The zero-order valence-corrected chi connectivity index (χ0v) is 8.47. The van der Waals surface area contributed by atoms with Gasteiger partial charge in [-0.1, -0.05) is 0 Å². The minimum absolute atomic E-state index is 0.0370. The number of carbonyl (C=O) groups excluding carboxylic acids is 1. The lowest BCUT2D eigenvalue weighted by molar-refractivity contribution is -0.119. The van der Waals surface area contributed by atoms with Crippen molar-refractivity contribution in [3.05, 3.63) is 0 Å². The third-order valence-corrected chi connectivity index (χ3v) is 0.492. The first kappa shape index (κ1) is 13.9. The van der Waals surface area contributed by atoms with E-state index in [9.17, 15) is 13.2 Å². The van der Waals surface area contributed by atoms with Gasteiger partial charge in [-0.3, -0.25) is 9.35 Å². The van der Waals surface area contributed by atoms with E-state index in [-0.39, 0.29) is 11.9 Å². The average Bonchev–Trinajstić information content (AvgIpc) is 1.52. The quantitative estimate of drug-likeness (QED) is 0.581. The highest BCUT2D eigenvalue weighted by Gasteiger charge is 1.91. The molecule has 0 saturated carbocycles. The van der Waals surface area contributed by atoms with Gasteiger partial charge in [-0.2, -0.15) is 8.42 Å². The van der Waals surface area contributed by atoms with Crippen LogP contribution in [0.25, 0.3) is 0 Å². The fourth-order valence-corrected chi connectivity index (χ4v) is 0.407. The highest BCUT2D eigenvalue weighted by atomic mass is 32.2. The topological polar surface area (TPSA) is 83.5 Å². The van der Waals surface area contributed by atoms with Crippen molar-refractivity contribution in [2.45, 2.75) is 26.8 Å². The van der Waals surface area contributed by atoms with Crippen LogP contribution in [0.5, 0.6) is 0 Å². The number of carbonyl (C=O) groups is 1. The van der Waals surface area contributed by atoms with E-state index >= 15 is 0 Å². The number of amides is 1. The summed E-state index contributed by atoms with van der Waals surface area (Å²) in [6, 6.07) is 0.275. The van der Waals surface area contributed by atoms with Crippen LogP contribution in [0.4, 0.5) is 0 Å². The van der Waals surface area contributed by atoms with Crippen molar-refractivity contribution in [2.75, 3.05) is 6.26 Å². The van der Waals surface area contributed by atoms with Gasteiger partial charge in [0, 0.05) is 13.0 Å². The van der Waals surface area contributed by atoms with Crippen LogP contribution in [0.2, 0.25) is 0 Å². The molecule has 0 radical (unpaired) electrons. The second-order valence-electron chi connectivity index (χ2n) is 2.59. The van der Waals surface area contributed by atoms with E-state index in [4.69, 9.17) is 4.55 Å². The molecule has 0 aliphatic rings. The van der Waals surface area contributed by atoms with Gasteiger partial charge in [-0.15, -0.1) is 0 Å². The Kier molecular flexibility index (Phi) is 6.92. The summed E-state index contributed by atoms with van der Waals surface area (Å²) in [6.07, 6.45) is 0.715. The molecule has 6 heteroatoms. The Morgan fingerprint density at radius 2 is 1.67 bits per heavy atom. The van der Waals surface area contributed by atoms with Gasteiger partial charge in [0.15, 0.2) is 0 Å². The minimum atomic E-state index is -3.67. The second-order valence-corrected chi connectivity index (χ2v) is 4.05. The first-order chi connectivity index (χ1) is 5.13. The first-order valence-corrected chi connectivity index (χ1v) is 5.17. The van der Waals surface area contributed by atoms with Crippen LogP contribution in [0.1, 0.15) is 20.8 Å². The van der Waals surface area contributed by atoms with Crippen LogP contribution in [0, 0.1) is 0 Å². The third-order valence-electron chi connectivity index (χ3n) is 0.492. The van der Waals surface area contributed by atoms with Crippen molar-refractivity contribution >= 4 is 16.0 Å². The van der Waals surface area contributed by atoms with Gasteiger partial charge in [0.25, 0.3) is 10.1 Å². The van der Waals surface area contributed by atoms with E-state index < -0.39 is 10.1 Å². The third kappa shape index (κ3) is 57.7. The molecule has 0 aromatic heterocycles. The summed E-state index contributed by atoms with van der Waals surface area (Å²) < 4.78 is 25.9. The lowest BCUT2D eigenvalue weighted by Crippen LogP contribution is -2.27. The Bertz CT molecular complexity index is 212. The van der Waals surface area contributed by atoms with E-state index in [1.165, 1.54) is 6.92 Å². The van der Waals surface area contributed by atoms with Crippen LogP contribution in [0.3, 0.4) is 0 Å². The molecule has 0 heterocycles. The van der Waals surface area contributed by atoms with Crippen LogP contribution in [-0.2, 0) is 14.9 Å². The molecule has 0 unspecified atom stereocenters. The molecule has 0 saturated heterocycles. The summed E-state index contributed by atoms with van der Waals surface area (Å²) in [7, 11) is -3.67. The van der Waals surface area contributed by atoms with Gasteiger partial charge in [0.2, 0.25) is 5.91 Å². The number of rotatable bonds is 1. The maximum Gasteiger partial charge on any atom is 0.261 e. The fourth-order valence-electron chi connectivity index (χ4n) is 0.407. The molecule has 0 aliphatic heterocycles. The van der Waals surface area contributed by atoms with Gasteiger partial charge < -0.3 is 5.32 Å². The van der Waals surface area contributed by atoms with Gasteiger partial charge >= 0.3 is 0 Å². The molecule has 2 N–H and O–H groups in total. The second kappa shape index (κ2) is 5.96. The van der Waals surface area contributed by atoms with Gasteiger partial charge in [0.1, 0.15) is 0 Å². The number of hydrogen-bond donors (Lipinski definition) is 2. The molecule has 0 aliphatic carbocycles. The first-order valence-electron chi connectivity index (χ1n) is 3.32. The Balaban J connectivity index is 0. The number of hydrogen-bond acceptors (Lipinski definition) is 3. The highest BCUT2D eigenvalue weighted by Crippen LogP contribution is 1.72. The fraction of sp³-hybridized carbons (Fsp3) is 0.833. The lowest BCUT2D eigenvalue weighted by atomic mass is 10.4. The Morgan fingerprint density at radius 1 is 1.42 bits per heavy atom. The summed E-state index contributed by atoms with van der Waals surface area (Å²) in [5.41, 5.74) is 0. The normalized spacial score (nSPS) is 10.2. The SMILES string of the molecule is CC(=O)NC(C)C.CS(=O)(=O)O. The molecule has 5 nitrogen and oxygen atoms in total. The van der Waals surface area contributed by atoms with Crippen molar-refractivity contribution in [1.82, 2.24) is 5.32 Å². The van der Waals surface area contributed by atoms with E-state index in [2.05, 4.69) is 5.32 Å². The summed E-state index contributed by atoms with van der Waals surface area (Å²) in [5.74, 6) is 0.0370. The summed E-state index contributed by atoms with van der Waals surface area (Å²) in [6.45, 7) is 5.38. The average molecular weight is 197 g/mol. The summed E-state index contributed by atoms with van der Waals surface area (Å²) in [4.78, 5) is 10.1. The summed E-state index contributed by atoms with van der Waals surface area (Å²) in [5, 5.41) is 2.67. The molecule has 0 fully saturated rings. The molecule has 1 amide bonds. The molecular weight excluding hydrogens is 182 g/mol. The van der Waals surface area contributed by atoms with Gasteiger partial charge in [-0.05, 0) is 13.8 Å². The zero-order valence-electron chi connectivity index (χ0n) is 7.66. The van der Waals surface area contributed by atoms with Crippen molar-refractivity contribution in [3.63, 3.8) is 0 Å². The standard InChI is InChI=1S/C5H11NO.CH4O3S/c1-4(2)6-5(3)7;1-5(2,3)4/h4H,1-3H3,(H,6,7);1H3,(H,2,3,4). The maximum absolute atomic E-state index is 10.1. The van der Waals surface area contributed by atoms with Crippen LogP contribution >= 0.6 is 0 Å². The molecule has 0 atom stereocenters. The van der Waals surface area contributed by atoms with E-state index in [0.29, 0.717) is 6.26 Å². The van der Waals surface area contributed by atoms with Gasteiger partial charge in [-0.25, -0.2) is 0 Å². The van der Waals surface area contributed by atoms with Crippen LogP contribution < -0.4 is 5.32 Å². The predicted octanol–water partition coefficient (Wildman–Crippen LogP) is 0.0349. The largest absolute Gasteiger partial charge is 0.354 e. The van der Waals surface area contributed by atoms with Crippen LogP contribution in [0.15, 0.2) is 0 Å². The van der Waals surface area contributed by atoms with Crippen molar-refractivity contribution < 1.29 is 17.8 Å². The molecular formula is C6H15NO4S. The molecule has 74 valence electrons. The van der Waals surface area contributed by atoms with Crippen molar-refractivity contribution in [2.24, 2.45) is 0 Å². The predicted molar refractivity (Wildman–Crippen MR) is 46.4 cm³/mol. The maximum atomic E-state index is 10.1. The van der Waals surface area contributed by atoms with Crippen molar-refractivity contribution in [1.29, 1.82) is 0 Å². The Morgan fingerprint density at radius 3 is 1.67 bits per heavy atom. The minimum Gasteiger partial charge on any atom is -0.354 e. The molecule has 12 heavy (non-hydrogen) atoms. The Labute approximate surface area is 72.9 Å². The zero-order chi connectivity index (χ0) is 10.4.